The summed E-state index contributed by atoms with van der Waals surface area (Å²) in [7, 11) is 0. The molecule has 1 heterocycles. The second kappa shape index (κ2) is 23.4. The number of nitroso groups, excluding NO2 is 1. The van der Waals surface area contributed by atoms with Crippen LogP contribution in [0.5, 0.6) is 0 Å². The van der Waals surface area contributed by atoms with Crippen LogP contribution in [0.4, 0.5) is 5.69 Å². The van der Waals surface area contributed by atoms with E-state index < -0.39 is 5.91 Å². The molecule has 0 bridgehead atoms. The first kappa shape index (κ1) is 34.4. The summed E-state index contributed by atoms with van der Waals surface area (Å²) in [5.74, 6) is -0.593. The standard InChI is InChI=1S/C19H22N2O.Fe.3N3.NO/c20-19(22)16-10-7-11-18(21-12-5-2-6-13-21)17(16)14-15-8-3-1-4-9-15;;3*1-3-2;1-2/h1,3-4,7-11H,2,5-6,12-14H2,(H2,20,22);;;;;/q;+5;4*-1/p-1. The zero-order valence-corrected chi connectivity index (χ0v) is 19.1. The molecule has 1 aliphatic heterocycles. The van der Waals surface area contributed by atoms with E-state index in [0.717, 1.165) is 24.3 Å². The first-order chi connectivity index (χ1) is 16.0. The van der Waals surface area contributed by atoms with E-state index in [1.54, 1.807) is 6.07 Å². The van der Waals surface area contributed by atoms with Crippen molar-refractivity contribution in [3.8, 4) is 0 Å². The first-order valence-electron chi connectivity index (χ1n) is 9.30. The van der Waals surface area contributed by atoms with Gasteiger partial charge in [-0.05, 0) is 36.5 Å². The van der Waals surface area contributed by atoms with Crippen molar-refractivity contribution in [3.05, 3.63) is 129 Å². The van der Waals surface area contributed by atoms with E-state index in [9.17, 15) is 4.79 Å². The molecule has 0 aliphatic carbocycles. The van der Waals surface area contributed by atoms with Crippen molar-refractivity contribution < 1.29 is 21.9 Å². The molecule has 0 atom stereocenters. The van der Waals surface area contributed by atoms with Crippen molar-refractivity contribution in [1.82, 2.24) is 0 Å². The van der Waals surface area contributed by atoms with Crippen LogP contribution in [0, 0.1) is 4.91 Å². The van der Waals surface area contributed by atoms with Gasteiger partial charge in [-0.1, -0.05) is 42.5 Å². The van der Waals surface area contributed by atoms with Gasteiger partial charge >= 0.3 is 17.1 Å². The molecule has 14 nitrogen and oxygen atoms in total. The van der Waals surface area contributed by atoms with Crippen LogP contribution in [0.1, 0.15) is 40.7 Å². The smallest absolute Gasteiger partial charge is 0.664 e. The van der Waals surface area contributed by atoms with Crippen LogP contribution >= 0.6 is 0 Å². The van der Waals surface area contributed by atoms with Crippen LogP contribution in [0.25, 0.3) is 59.2 Å². The zero-order valence-electron chi connectivity index (χ0n) is 18.0. The van der Waals surface area contributed by atoms with Gasteiger partial charge in [0.15, 0.2) is 0 Å². The van der Waals surface area contributed by atoms with E-state index in [2.05, 4.69) is 23.1 Å². The van der Waals surface area contributed by atoms with E-state index in [4.69, 9.17) is 49.4 Å². The molecular formula is C19H21FeN12O2. The molecule has 1 radical (unpaired) electrons. The van der Waals surface area contributed by atoms with E-state index in [1.807, 2.05) is 24.3 Å². The van der Waals surface area contributed by atoms with Crippen LogP contribution in [-0.4, -0.2) is 19.0 Å². The van der Waals surface area contributed by atoms with Crippen molar-refractivity contribution in [2.75, 3.05) is 18.0 Å². The van der Waals surface area contributed by atoms with Crippen LogP contribution in [-0.2, 0) is 23.5 Å². The van der Waals surface area contributed by atoms with Gasteiger partial charge in [0.05, 0.1) is 5.91 Å². The Morgan fingerprint density at radius 3 is 1.71 bits per heavy atom. The number of amides is 1. The third-order valence-electron chi connectivity index (χ3n) is 4.32. The fourth-order valence-electron chi connectivity index (χ4n) is 3.20. The van der Waals surface area contributed by atoms with Crippen molar-refractivity contribution in [3.63, 3.8) is 0 Å². The quantitative estimate of drug-likeness (QED) is 0.178. The van der Waals surface area contributed by atoms with E-state index in [-0.39, 0.29) is 17.1 Å². The van der Waals surface area contributed by atoms with Crippen molar-refractivity contribution in [1.29, 1.82) is 0 Å². The molecule has 1 amide bonds. The third kappa shape index (κ3) is 13.9. The molecular weight excluding hydrogens is 484 g/mol. The molecule has 1 saturated heterocycles. The average Bonchev–Trinajstić information content (AvgIpc) is 2.83. The van der Waals surface area contributed by atoms with Gasteiger partial charge in [-0.3, -0.25) is 14.7 Å². The van der Waals surface area contributed by atoms with Crippen molar-refractivity contribution >= 4 is 11.6 Å². The molecule has 34 heavy (non-hydrogen) atoms. The fourth-order valence-corrected chi connectivity index (χ4v) is 3.20. The zero-order chi connectivity index (χ0) is 25.5. The first-order valence-corrected chi connectivity index (χ1v) is 9.30. The molecule has 0 saturated carbocycles. The Kier molecular flexibility index (Phi) is 23.7. The predicted octanol–water partition coefficient (Wildman–Crippen LogP) is 7.38. The number of hydrogen-bond acceptors (Lipinski definition) is 3. The minimum Gasteiger partial charge on any atom is -0.664 e. The summed E-state index contributed by atoms with van der Waals surface area (Å²) >= 11 is 0. The van der Waals surface area contributed by atoms with Crippen LogP contribution in [0.15, 0.2) is 48.5 Å². The van der Waals surface area contributed by atoms with Gasteiger partial charge in [-0.25, -0.2) is 0 Å². The largest absolute Gasteiger partial charge is 5.00 e. The summed E-state index contributed by atoms with van der Waals surface area (Å²) in [4.78, 5) is 25.9. The summed E-state index contributed by atoms with van der Waals surface area (Å²) in [5.41, 5.74) is 57.7. The van der Waals surface area contributed by atoms with Crippen LogP contribution in [0.3, 0.4) is 0 Å². The summed E-state index contributed by atoms with van der Waals surface area (Å²) in [6.45, 7) is 2.08. The maximum Gasteiger partial charge on any atom is 5.00 e. The third-order valence-corrected chi connectivity index (χ3v) is 4.32. The van der Waals surface area contributed by atoms with E-state index in [1.165, 1.54) is 39.6 Å². The molecule has 0 spiro atoms. The summed E-state index contributed by atoms with van der Waals surface area (Å²) in [5, 5.41) is 0. The van der Waals surface area contributed by atoms with E-state index >= 15 is 0 Å². The maximum absolute atomic E-state index is 11.7. The fraction of sp³-hybridized carbons (Fsp3) is 0.316. The molecule has 177 valence electrons. The van der Waals surface area contributed by atoms with Crippen molar-refractivity contribution in [2.24, 2.45) is 0 Å². The number of carbonyl (C=O) groups is 1. The molecule has 1 fully saturated rings. The number of hydrogen-bond donors (Lipinski definition) is 0. The van der Waals surface area contributed by atoms with E-state index in [0.29, 0.717) is 12.0 Å². The normalized spacial score (nSPS) is 10.4. The number of carbonyl (C=O) groups excluding carboxylic acids is 1. The minimum absolute atomic E-state index is 0. The Morgan fingerprint density at radius 1 is 0.794 bits per heavy atom. The van der Waals surface area contributed by atoms with Gasteiger partial charge in [0.1, 0.15) is 0 Å². The molecule has 3 rings (SSSR count). The molecule has 0 unspecified atom stereocenters. The Morgan fingerprint density at radius 2 is 1.26 bits per heavy atom. The monoisotopic (exact) mass is 505 g/mol. The molecule has 2 aromatic carbocycles. The Hall–Kier alpha value is -4.24. The van der Waals surface area contributed by atoms with Gasteiger partial charge in [0.2, 0.25) is 0 Å². The minimum atomic E-state index is -0.593. The molecule has 2 aromatic rings. The second-order valence-corrected chi connectivity index (χ2v) is 6.11. The number of anilines is 1. The molecule has 0 aromatic heterocycles. The Bertz CT molecular complexity index is 905. The number of rotatable bonds is 4. The van der Waals surface area contributed by atoms with Gasteiger partial charge in [-0.15, -0.1) is 0 Å². The Balaban J connectivity index is -0.000000690. The van der Waals surface area contributed by atoms with Gasteiger partial charge in [0.25, 0.3) is 0 Å². The van der Waals surface area contributed by atoms with Gasteiger partial charge < -0.3 is 59.1 Å². The second-order valence-electron chi connectivity index (χ2n) is 6.11. The SMILES string of the molecule is [Fe+5].[N-]=O.[N-]=[N+]=[N-].[N-]=[N+]=[N-].[N-]=[N+]=[N-].[NH-]C(=O)c1cccc(N2CCCCC2)c1Cc1ccccc1. The average molecular weight is 505 g/mol. The van der Waals surface area contributed by atoms with Crippen molar-refractivity contribution in [2.45, 2.75) is 25.7 Å². The maximum atomic E-state index is 11.7. The Labute approximate surface area is 206 Å². The number of benzene rings is 2. The number of nitrogens with zero attached hydrogens (tertiary/aromatic N) is 11. The summed E-state index contributed by atoms with van der Waals surface area (Å²) in [6, 6.07) is 16.0. The number of nitrogens with one attached hydrogen (secondary N) is 1. The van der Waals surface area contributed by atoms with Gasteiger partial charge in [0, 0.05) is 30.8 Å². The number of piperidine rings is 1. The molecule has 1 aliphatic rings. The molecule has 1 N–H and O–H groups in total. The summed E-state index contributed by atoms with van der Waals surface area (Å²) < 4.78 is 0. The summed E-state index contributed by atoms with van der Waals surface area (Å²) in [6.07, 6.45) is 4.38. The van der Waals surface area contributed by atoms with Gasteiger partial charge in [-0.2, -0.15) is 0 Å². The topological polar surface area (TPSA) is 260 Å². The molecule has 15 heteroatoms. The predicted molar refractivity (Wildman–Crippen MR) is 127 cm³/mol. The van der Waals surface area contributed by atoms with Crippen LogP contribution < -0.4 is 4.90 Å². The van der Waals surface area contributed by atoms with Crippen LogP contribution in [0.2, 0.25) is 0 Å².